The van der Waals surface area contributed by atoms with Crippen molar-refractivity contribution in [3.63, 3.8) is 0 Å². The summed E-state index contributed by atoms with van der Waals surface area (Å²) in [5.74, 6) is 0.923. The van der Waals surface area contributed by atoms with Gasteiger partial charge in [0.05, 0.1) is 10.2 Å². The van der Waals surface area contributed by atoms with Crippen molar-refractivity contribution in [1.29, 1.82) is 0 Å². The van der Waals surface area contributed by atoms with Gasteiger partial charge in [-0.3, -0.25) is 0 Å². The molecule has 0 saturated heterocycles. The lowest BCUT2D eigenvalue weighted by Crippen LogP contribution is -2.01. The zero-order chi connectivity index (χ0) is 13.4. The molecule has 3 aromatic rings. The first-order valence-electron chi connectivity index (χ1n) is 6.46. The summed E-state index contributed by atoms with van der Waals surface area (Å²) in [5.41, 5.74) is 3.29. The molecule has 98 valence electrons. The molecule has 0 spiro atoms. The minimum Gasteiger partial charge on any atom is -0.369 e. The van der Waals surface area contributed by atoms with E-state index in [1.807, 2.05) is 6.92 Å². The van der Waals surface area contributed by atoms with Gasteiger partial charge >= 0.3 is 0 Å². The van der Waals surface area contributed by atoms with E-state index in [1.54, 1.807) is 17.7 Å². The highest BCUT2D eigenvalue weighted by atomic mass is 32.1. The van der Waals surface area contributed by atoms with Gasteiger partial charge in [-0.2, -0.15) is 0 Å². The van der Waals surface area contributed by atoms with Gasteiger partial charge < -0.3 is 5.32 Å². The zero-order valence-electron chi connectivity index (χ0n) is 11.3. The van der Waals surface area contributed by atoms with E-state index in [9.17, 15) is 0 Å². The average Bonchev–Trinajstić information content (AvgIpc) is 2.74. The molecule has 0 fully saturated rings. The van der Waals surface area contributed by atoms with Gasteiger partial charge in [-0.15, -0.1) is 11.3 Å². The van der Waals surface area contributed by atoms with Crippen LogP contribution in [-0.2, 0) is 0 Å². The highest BCUT2D eigenvalue weighted by Crippen LogP contribution is 2.36. The number of nitrogens with zero attached hydrogens (tertiary/aromatic N) is 3. The zero-order valence-corrected chi connectivity index (χ0v) is 12.1. The Kier molecular flexibility index (Phi) is 3.06. The summed E-state index contributed by atoms with van der Waals surface area (Å²) < 4.78 is 1.10. The SMILES string of the molecule is CCCNc1ncnc2c1sc1nc(C)cc(C)c12. The van der Waals surface area contributed by atoms with Crippen molar-refractivity contribution in [2.75, 3.05) is 11.9 Å². The number of hydrogen-bond donors (Lipinski definition) is 1. The third kappa shape index (κ3) is 2.04. The lowest BCUT2D eigenvalue weighted by molar-refractivity contribution is 0.970. The van der Waals surface area contributed by atoms with Crippen LogP contribution in [0.3, 0.4) is 0 Å². The summed E-state index contributed by atoms with van der Waals surface area (Å²) in [6, 6.07) is 2.11. The fourth-order valence-corrected chi connectivity index (χ4v) is 3.49. The Bertz CT molecular complexity index is 748. The van der Waals surface area contributed by atoms with Crippen molar-refractivity contribution in [3.05, 3.63) is 23.7 Å². The second kappa shape index (κ2) is 4.74. The van der Waals surface area contributed by atoms with Gasteiger partial charge in [0.2, 0.25) is 0 Å². The molecule has 3 heterocycles. The van der Waals surface area contributed by atoms with E-state index in [-0.39, 0.29) is 0 Å². The maximum Gasteiger partial charge on any atom is 0.147 e. The highest BCUT2D eigenvalue weighted by molar-refractivity contribution is 7.26. The summed E-state index contributed by atoms with van der Waals surface area (Å²) in [6.07, 6.45) is 2.71. The van der Waals surface area contributed by atoms with Gasteiger partial charge in [0.1, 0.15) is 17.0 Å². The summed E-state index contributed by atoms with van der Waals surface area (Å²) in [6.45, 7) is 7.21. The Labute approximate surface area is 115 Å². The molecular formula is C14H16N4S. The monoisotopic (exact) mass is 272 g/mol. The van der Waals surface area contributed by atoms with Gasteiger partial charge in [0.15, 0.2) is 0 Å². The number of pyridine rings is 1. The lowest BCUT2D eigenvalue weighted by atomic mass is 10.1. The van der Waals surface area contributed by atoms with E-state index >= 15 is 0 Å². The van der Waals surface area contributed by atoms with Crippen LogP contribution < -0.4 is 5.32 Å². The van der Waals surface area contributed by atoms with Crippen molar-refractivity contribution < 1.29 is 0 Å². The molecule has 3 rings (SSSR count). The van der Waals surface area contributed by atoms with Crippen molar-refractivity contribution in [3.8, 4) is 0 Å². The van der Waals surface area contributed by atoms with E-state index in [0.717, 1.165) is 44.9 Å². The first-order chi connectivity index (χ1) is 9.20. The molecule has 1 N–H and O–H groups in total. The molecule has 0 bridgehead atoms. The van der Waals surface area contributed by atoms with E-state index in [1.165, 1.54) is 5.56 Å². The molecule has 0 aromatic carbocycles. The van der Waals surface area contributed by atoms with E-state index < -0.39 is 0 Å². The first kappa shape index (κ1) is 12.3. The standard InChI is InChI=1S/C14H16N4S/c1-4-5-15-13-12-11(16-7-17-13)10-8(2)6-9(3)18-14(10)19-12/h6-7H,4-5H2,1-3H3,(H,15,16,17). The average molecular weight is 272 g/mol. The maximum absolute atomic E-state index is 4.62. The maximum atomic E-state index is 4.62. The number of thiophene rings is 1. The van der Waals surface area contributed by atoms with E-state index in [4.69, 9.17) is 0 Å². The van der Waals surface area contributed by atoms with Crippen molar-refractivity contribution in [1.82, 2.24) is 15.0 Å². The molecular weight excluding hydrogens is 256 g/mol. The molecule has 5 heteroatoms. The molecule has 0 aliphatic rings. The van der Waals surface area contributed by atoms with E-state index in [2.05, 4.69) is 40.2 Å². The number of anilines is 1. The summed E-state index contributed by atoms with van der Waals surface area (Å²) in [4.78, 5) is 14.5. The molecule has 4 nitrogen and oxygen atoms in total. The third-order valence-electron chi connectivity index (χ3n) is 3.09. The molecule has 0 radical (unpaired) electrons. The minimum atomic E-state index is 0.922. The predicted molar refractivity (Wildman–Crippen MR) is 81.0 cm³/mol. The molecule has 0 amide bonds. The number of fused-ring (bicyclic) bond motifs is 3. The Balaban J connectivity index is 2.30. The lowest BCUT2D eigenvalue weighted by Gasteiger charge is -2.03. The Morgan fingerprint density at radius 3 is 2.89 bits per heavy atom. The number of aromatic nitrogens is 3. The second-order valence-electron chi connectivity index (χ2n) is 4.69. The van der Waals surface area contributed by atoms with Gasteiger partial charge in [0.25, 0.3) is 0 Å². The smallest absolute Gasteiger partial charge is 0.147 e. The largest absolute Gasteiger partial charge is 0.369 e. The molecule has 3 aromatic heterocycles. The fraction of sp³-hybridized carbons (Fsp3) is 0.357. The Hall–Kier alpha value is -1.75. The van der Waals surface area contributed by atoms with Crippen LogP contribution in [0, 0.1) is 13.8 Å². The first-order valence-corrected chi connectivity index (χ1v) is 7.27. The second-order valence-corrected chi connectivity index (χ2v) is 5.69. The summed E-state index contributed by atoms with van der Waals surface area (Å²) in [5, 5.41) is 4.52. The number of hydrogen-bond acceptors (Lipinski definition) is 5. The predicted octanol–water partition coefficient (Wildman–Crippen LogP) is 3.68. The number of rotatable bonds is 3. The molecule has 0 aliphatic heterocycles. The van der Waals surface area contributed by atoms with Crippen LogP contribution in [0.2, 0.25) is 0 Å². The Morgan fingerprint density at radius 2 is 2.11 bits per heavy atom. The van der Waals surface area contributed by atoms with Crippen molar-refractivity contribution >= 4 is 37.6 Å². The fourth-order valence-electron chi connectivity index (χ4n) is 2.28. The van der Waals surface area contributed by atoms with Crippen LogP contribution in [0.5, 0.6) is 0 Å². The summed E-state index contributed by atoms with van der Waals surface area (Å²) >= 11 is 1.67. The molecule has 19 heavy (non-hydrogen) atoms. The third-order valence-corrected chi connectivity index (χ3v) is 4.17. The van der Waals surface area contributed by atoms with Crippen LogP contribution in [0.4, 0.5) is 5.82 Å². The van der Waals surface area contributed by atoms with Gasteiger partial charge in [-0.05, 0) is 31.9 Å². The summed E-state index contributed by atoms with van der Waals surface area (Å²) in [7, 11) is 0. The van der Waals surface area contributed by atoms with Gasteiger partial charge in [0, 0.05) is 17.6 Å². The van der Waals surface area contributed by atoms with Crippen LogP contribution >= 0.6 is 11.3 Å². The van der Waals surface area contributed by atoms with Gasteiger partial charge in [-0.1, -0.05) is 6.92 Å². The molecule has 0 aliphatic carbocycles. The van der Waals surface area contributed by atoms with Gasteiger partial charge in [-0.25, -0.2) is 15.0 Å². The molecule has 0 saturated carbocycles. The van der Waals surface area contributed by atoms with Crippen molar-refractivity contribution in [2.45, 2.75) is 27.2 Å². The van der Waals surface area contributed by atoms with Crippen LogP contribution in [0.1, 0.15) is 24.6 Å². The number of aryl methyl sites for hydroxylation is 2. The van der Waals surface area contributed by atoms with Crippen LogP contribution in [-0.4, -0.2) is 21.5 Å². The van der Waals surface area contributed by atoms with Crippen LogP contribution in [0.15, 0.2) is 12.4 Å². The van der Waals surface area contributed by atoms with E-state index in [0.29, 0.717) is 0 Å². The van der Waals surface area contributed by atoms with Crippen molar-refractivity contribution in [2.24, 2.45) is 0 Å². The molecule has 0 atom stereocenters. The number of nitrogens with one attached hydrogen (secondary N) is 1. The quantitative estimate of drug-likeness (QED) is 0.790. The normalized spacial score (nSPS) is 11.3. The minimum absolute atomic E-state index is 0.922. The molecule has 0 unspecified atom stereocenters. The Morgan fingerprint density at radius 1 is 1.26 bits per heavy atom. The highest BCUT2D eigenvalue weighted by Gasteiger charge is 2.14. The van der Waals surface area contributed by atoms with Crippen LogP contribution in [0.25, 0.3) is 20.4 Å². The topological polar surface area (TPSA) is 50.7 Å².